The maximum absolute atomic E-state index is 10.7. The number of likely N-dealkylation sites (tertiary alicyclic amines) is 1. The number of methoxy groups -OCH3 is 1. The number of aliphatic hydroxyl groups is 1. The molecule has 1 saturated heterocycles. The molecule has 2 atom stereocenters. The molecule has 0 radical (unpaired) electrons. The monoisotopic (exact) mass is 221 g/mol. The molecule has 1 N–H and O–H groups in total. The van der Waals surface area contributed by atoms with E-state index in [1.165, 1.54) is 0 Å². The number of rotatable bonds is 2. The zero-order chi connectivity index (χ0) is 11.8. The summed E-state index contributed by atoms with van der Waals surface area (Å²) in [4.78, 5) is 2.18. The van der Waals surface area contributed by atoms with Crippen LogP contribution in [-0.2, 0) is 5.60 Å². The van der Waals surface area contributed by atoms with Crippen molar-refractivity contribution in [3.63, 3.8) is 0 Å². The molecule has 1 fully saturated rings. The molecule has 1 heterocycles. The minimum atomic E-state index is -0.747. The number of hydrogen-bond acceptors (Lipinski definition) is 3. The van der Waals surface area contributed by atoms with Gasteiger partial charge in [-0.05, 0) is 38.1 Å². The van der Waals surface area contributed by atoms with E-state index in [0.29, 0.717) is 0 Å². The van der Waals surface area contributed by atoms with E-state index >= 15 is 0 Å². The van der Waals surface area contributed by atoms with Crippen molar-refractivity contribution in [1.82, 2.24) is 4.90 Å². The van der Waals surface area contributed by atoms with Crippen molar-refractivity contribution < 1.29 is 9.84 Å². The summed E-state index contributed by atoms with van der Waals surface area (Å²) < 4.78 is 5.20. The largest absolute Gasteiger partial charge is 0.497 e. The van der Waals surface area contributed by atoms with Gasteiger partial charge in [-0.2, -0.15) is 0 Å². The quantitative estimate of drug-likeness (QED) is 0.823. The van der Waals surface area contributed by atoms with Crippen LogP contribution in [-0.4, -0.2) is 36.8 Å². The Morgan fingerprint density at radius 1 is 1.50 bits per heavy atom. The molecule has 0 spiro atoms. The van der Waals surface area contributed by atoms with Gasteiger partial charge in [-0.3, -0.25) is 0 Å². The average Bonchev–Trinajstić information content (AvgIpc) is 2.59. The van der Waals surface area contributed by atoms with Crippen molar-refractivity contribution in [2.45, 2.75) is 25.0 Å². The molecule has 0 unspecified atom stereocenters. The first-order chi connectivity index (χ1) is 7.58. The van der Waals surface area contributed by atoms with Crippen molar-refractivity contribution in [3.8, 4) is 5.75 Å². The molecular weight excluding hydrogens is 202 g/mol. The molecule has 0 aliphatic carbocycles. The van der Waals surface area contributed by atoms with E-state index in [-0.39, 0.29) is 6.04 Å². The van der Waals surface area contributed by atoms with Gasteiger partial charge < -0.3 is 14.7 Å². The number of benzene rings is 1. The van der Waals surface area contributed by atoms with Gasteiger partial charge >= 0.3 is 0 Å². The summed E-state index contributed by atoms with van der Waals surface area (Å²) in [5.74, 6) is 0.799. The molecule has 0 saturated carbocycles. The van der Waals surface area contributed by atoms with Gasteiger partial charge in [0.1, 0.15) is 11.4 Å². The molecule has 1 aliphatic heterocycles. The lowest BCUT2D eigenvalue weighted by atomic mass is 9.87. The molecule has 0 aromatic heterocycles. The lowest BCUT2D eigenvalue weighted by Crippen LogP contribution is -2.38. The summed E-state index contributed by atoms with van der Waals surface area (Å²) in [6, 6.07) is 7.86. The summed E-state index contributed by atoms with van der Waals surface area (Å²) in [5.41, 5.74) is 0.201. The highest BCUT2D eigenvalue weighted by atomic mass is 16.5. The third-order valence-corrected chi connectivity index (χ3v) is 3.77. The fourth-order valence-corrected chi connectivity index (χ4v) is 2.39. The van der Waals surface area contributed by atoms with E-state index in [1.54, 1.807) is 7.11 Å². The molecule has 2 rings (SSSR count). The number of hydrogen-bond donors (Lipinski definition) is 1. The first-order valence-corrected chi connectivity index (χ1v) is 5.65. The van der Waals surface area contributed by atoms with E-state index in [4.69, 9.17) is 4.74 Å². The molecule has 88 valence electrons. The van der Waals surface area contributed by atoms with Crippen LogP contribution < -0.4 is 4.74 Å². The van der Waals surface area contributed by atoms with Crippen molar-refractivity contribution in [1.29, 1.82) is 0 Å². The fraction of sp³-hybridized carbons (Fsp3) is 0.538. The first-order valence-electron chi connectivity index (χ1n) is 5.65. The molecule has 16 heavy (non-hydrogen) atoms. The highest BCUT2D eigenvalue weighted by molar-refractivity contribution is 5.34. The minimum absolute atomic E-state index is 0.139. The SMILES string of the molecule is COc1cccc([C@]2(O)CCN(C)[C@@H]2C)c1. The van der Waals surface area contributed by atoms with Gasteiger partial charge in [-0.25, -0.2) is 0 Å². The van der Waals surface area contributed by atoms with Crippen LogP contribution in [0.15, 0.2) is 24.3 Å². The van der Waals surface area contributed by atoms with Crippen LogP contribution in [0.2, 0.25) is 0 Å². The first kappa shape index (κ1) is 11.4. The molecule has 3 heteroatoms. The zero-order valence-electron chi connectivity index (χ0n) is 10.1. The predicted octanol–water partition coefficient (Wildman–Crippen LogP) is 1.61. The second-order valence-corrected chi connectivity index (χ2v) is 4.56. The third-order valence-electron chi connectivity index (χ3n) is 3.77. The normalized spacial score (nSPS) is 30.6. The van der Waals surface area contributed by atoms with Gasteiger partial charge in [0.2, 0.25) is 0 Å². The lowest BCUT2D eigenvalue weighted by molar-refractivity contribution is 0.0107. The van der Waals surface area contributed by atoms with Crippen LogP contribution in [0.3, 0.4) is 0 Å². The van der Waals surface area contributed by atoms with Crippen LogP contribution in [0.25, 0.3) is 0 Å². The highest BCUT2D eigenvalue weighted by Crippen LogP contribution is 2.37. The Bertz CT molecular complexity index is 380. The summed E-state index contributed by atoms with van der Waals surface area (Å²) >= 11 is 0. The van der Waals surface area contributed by atoms with Crippen LogP contribution in [0.4, 0.5) is 0 Å². The number of nitrogens with zero attached hydrogens (tertiary/aromatic N) is 1. The topological polar surface area (TPSA) is 32.7 Å². The maximum atomic E-state index is 10.7. The van der Waals surface area contributed by atoms with Gasteiger partial charge in [-0.15, -0.1) is 0 Å². The molecule has 1 aliphatic rings. The van der Waals surface area contributed by atoms with Gasteiger partial charge in [0.25, 0.3) is 0 Å². The van der Waals surface area contributed by atoms with Gasteiger partial charge in [0.15, 0.2) is 0 Å². The van der Waals surface area contributed by atoms with Crippen molar-refractivity contribution >= 4 is 0 Å². The summed E-state index contributed by atoms with van der Waals surface area (Å²) in [6.07, 6.45) is 0.776. The second-order valence-electron chi connectivity index (χ2n) is 4.56. The predicted molar refractivity (Wildman–Crippen MR) is 63.6 cm³/mol. The Balaban J connectivity index is 2.35. The molecular formula is C13H19NO2. The van der Waals surface area contributed by atoms with Crippen LogP contribution in [0, 0.1) is 0 Å². The Kier molecular flexibility index (Phi) is 2.91. The van der Waals surface area contributed by atoms with Gasteiger partial charge in [0, 0.05) is 12.6 Å². The van der Waals surface area contributed by atoms with E-state index in [2.05, 4.69) is 11.8 Å². The number of ether oxygens (including phenoxy) is 1. The molecule has 1 aromatic carbocycles. The average molecular weight is 221 g/mol. The van der Waals surface area contributed by atoms with Gasteiger partial charge in [-0.1, -0.05) is 12.1 Å². The summed E-state index contributed by atoms with van der Waals surface area (Å²) in [7, 11) is 3.69. The fourth-order valence-electron chi connectivity index (χ4n) is 2.39. The van der Waals surface area contributed by atoms with Gasteiger partial charge in [0.05, 0.1) is 7.11 Å². The van der Waals surface area contributed by atoms with Crippen molar-refractivity contribution in [3.05, 3.63) is 29.8 Å². The third kappa shape index (κ3) is 1.70. The van der Waals surface area contributed by atoms with E-state index < -0.39 is 5.60 Å². The summed E-state index contributed by atoms with van der Waals surface area (Å²) in [5, 5.41) is 10.7. The highest BCUT2D eigenvalue weighted by Gasteiger charge is 2.43. The van der Waals surface area contributed by atoms with E-state index in [9.17, 15) is 5.11 Å². The van der Waals surface area contributed by atoms with E-state index in [0.717, 1.165) is 24.3 Å². The lowest BCUT2D eigenvalue weighted by Gasteiger charge is -2.30. The minimum Gasteiger partial charge on any atom is -0.497 e. The molecule has 0 amide bonds. The molecule has 0 bridgehead atoms. The molecule has 3 nitrogen and oxygen atoms in total. The standard InChI is InChI=1S/C13H19NO2/c1-10-13(15,7-8-14(10)2)11-5-4-6-12(9-11)16-3/h4-6,9-10,15H,7-8H2,1-3H3/t10-,13+/m1/s1. The maximum Gasteiger partial charge on any atom is 0.119 e. The Hall–Kier alpha value is -1.06. The smallest absolute Gasteiger partial charge is 0.119 e. The van der Waals surface area contributed by atoms with Crippen LogP contribution in [0.1, 0.15) is 18.9 Å². The zero-order valence-corrected chi connectivity index (χ0v) is 10.1. The Labute approximate surface area is 96.6 Å². The van der Waals surface area contributed by atoms with Crippen LogP contribution >= 0.6 is 0 Å². The number of likely N-dealkylation sites (N-methyl/N-ethyl adjacent to an activating group) is 1. The van der Waals surface area contributed by atoms with Crippen molar-refractivity contribution in [2.75, 3.05) is 20.7 Å². The Morgan fingerprint density at radius 3 is 2.81 bits per heavy atom. The van der Waals surface area contributed by atoms with E-state index in [1.807, 2.05) is 31.3 Å². The molecule has 1 aromatic rings. The summed E-state index contributed by atoms with van der Waals surface area (Å²) in [6.45, 7) is 2.99. The van der Waals surface area contributed by atoms with Crippen molar-refractivity contribution in [2.24, 2.45) is 0 Å². The Morgan fingerprint density at radius 2 is 2.25 bits per heavy atom. The second kappa shape index (κ2) is 4.07. The van der Waals surface area contributed by atoms with Crippen LogP contribution in [0.5, 0.6) is 5.75 Å².